The molecule has 0 aliphatic rings. The van der Waals surface area contributed by atoms with Gasteiger partial charge in [0.2, 0.25) is 17.6 Å². The van der Waals surface area contributed by atoms with Crippen LogP contribution >= 0.6 is 11.8 Å². The minimum absolute atomic E-state index is 0.148. The topological polar surface area (TPSA) is 102 Å². The molecule has 0 atom stereocenters. The van der Waals surface area contributed by atoms with Crippen LogP contribution in [0.15, 0.2) is 82.6 Å². The summed E-state index contributed by atoms with van der Waals surface area (Å²) in [7, 11) is 0. The lowest BCUT2D eigenvalue weighted by atomic mass is 10.2. The van der Waals surface area contributed by atoms with Gasteiger partial charge in [0.15, 0.2) is 10.9 Å². The van der Waals surface area contributed by atoms with E-state index in [1.165, 1.54) is 18.7 Å². The summed E-state index contributed by atoms with van der Waals surface area (Å²) in [4.78, 5) is 23.8. The van der Waals surface area contributed by atoms with Gasteiger partial charge in [-0.15, -0.1) is 10.2 Å². The van der Waals surface area contributed by atoms with Crippen LogP contribution in [0, 0.1) is 0 Å². The van der Waals surface area contributed by atoms with E-state index in [0.717, 1.165) is 5.56 Å². The van der Waals surface area contributed by atoms with Gasteiger partial charge in [0.05, 0.1) is 18.6 Å². The summed E-state index contributed by atoms with van der Waals surface area (Å²) in [6.45, 7) is 1.98. The predicted molar refractivity (Wildman–Crippen MR) is 123 cm³/mol. The van der Waals surface area contributed by atoms with Crippen LogP contribution in [0.3, 0.4) is 0 Å². The molecule has 2 aromatic heterocycles. The van der Waals surface area contributed by atoms with Gasteiger partial charge in [-0.25, -0.2) is 0 Å². The van der Waals surface area contributed by atoms with Crippen molar-refractivity contribution < 1.29 is 14.0 Å². The first kappa shape index (κ1) is 21.4. The fourth-order valence-electron chi connectivity index (χ4n) is 3.10. The third-order valence-electron chi connectivity index (χ3n) is 4.44. The molecule has 0 unspecified atom stereocenters. The molecule has 2 heterocycles. The fraction of sp³-hybridized carbons (Fsp3) is 0.130. The molecule has 162 valence electrons. The largest absolute Gasteiger partial charge is 0.461 e. The van der Waals surface area contributed by atoms with Crippen LogP contribution in [0.1, 0.15) is 12.5 Å². The molecule has 0 radical (unpaired) electrons. The molecule has 9 heteroatoms. The quantitative estimate of drug-likeness (QED) is 0.391. The Morgan fingerprint density at radius 1 is 0.969 bits per heavy atom. The van der Waals surface area contributed by atoms with Crippen molar-refractivity contribution in [1.82, 2.24) is 14.8 Å². The summed E-state index contributed by atoms with van der Waals surface area (Å²) in [6.07, 6.45) is 1.59. The maximum atomic E-state index is 12.5. The lowest BCUT2D eigenvalue weighted by Gasteiger charge is -2.10. The molecule has 4 rings (SSSR count). The van der Waals surface area contributed by atoms with E-state index in [0.29, 0.717) is 34.7 Å². The standard InChI is InChI=1S/C23H21N5O3S/c1-16(29)24-18-9-5-10-19(13-18)25-21(30)15-32-23-27-26-22(20-11-6-12-31-20)28(23)14-17-7-3-2-4-8-17/h2-13H,14-15H2,1H3,(H,24,29)(H,25,30). The summed E-state index contributed by atoms with van der Waals surface area (Å²) in [5.41, 5.74) is 2.30. The summed E-state index contributed by atoms with van der Waals surface area (Å²) in [6, 6.07) is 20.6. The highest BCUT2D eigenvalue weighted by Gasteiger charge is 2.18. The van der Waals surface area contributed by atoms with Crippen LogP contribution in [-0.2, 0) is 16.1 Å². The third-order valence-corrected chi connectivity index (χ3v) is 5.41. The van der Waals surface area contributed by atoms with E-state index in [4.69, 9.17) is 4.42 Å². The van der Waals surface area contributed by atoms with Crippen molar-refractivity contribution in [2.75, 3.05) is 16.4 Å². The molecule has 0 aliphatic heterocycles. The lowest BCUT2D eigenvalue weighted by Crippen LogP contribution is -2.15. The van der Waals surface area contributed by atoms with Crippen LogP contribution in [0.25, 0.3) is 11.6 Å². The number of carbonyl (C=O) groups excluding carboxylic acids is 2. The first-order valence-electron chi connectivity index (χ1n) is 9.90. The van der Waals surface area contributed by atoms with E-state index in [9.17, 15) is 9.59 Å². The number of anilines is 2. The number of benzene rings is 2. The summed E-state index contributed by atoms with van der Waals surface area (Å²) < 4.78 is 7.45. The Morgan fingerprint density at radius 3 is 2.47 bits per heavy atom. The Hall–Kier alpha value is -3.85. The second kappa shape index (κ2) is 9.97. The van der Waals surface area contributed by atoms with Crippen molar-refractivity contribution in [2.24, 2.45) is 0 Å². The van der Waals surface area contributed by atoms with Gasteiger partial charge in [0.25, 0.3) is 0 Å². The number of hydrogen-bond acceptors (Lipinski definition) is 6. The fourth-order valence-corrected chi connectivity index (χ4v) is 3.83. The molecule has 0 saturated heterocycles. The van der Waals surface area contributed by atoms with Crippen LogP contribution in [-0.4, -0.2) is 32.3 Å². The van der Waals surface area contributed by atoms with Crippen LogP contribution < -0.4 is 10.6 Å². The minimum Gasteiger partial charge on any atom is -0.461 e. The van der Waals surface area contributed by atoms with Gasteiger partial charge in [-0.3, -0.25) is 14.2 Å². The molecule has 0 aliphatic carbocycles. The van der Waals surface area contributed by atoms with Crippen LogP contribution in [0.5, 0.6) is 0 Å². The van der Waals surface area contributed by atoms with E-state index in [1.54, 1.807) is 36.6 Å². The van der Waals surface area contributed by atoms with Crippen LogP contribution in [0.4, 0.5) is 11.4 Å². The zero-order chi connectivity index (χ0) is 22.3. The van der Waals surface area contributed by atoms with E-state index in [-0.39, 0.29) is 17.6 Å². The predicted octanol–water partition coefficient (Wildman–Crippen LogP) is 4.28. The number of nitrogens with zero attached hydrogens (tertiary/aromatic N) is 3. The van der Waals surface area contributed by atoms with E-state index < -0.39 is 0 Å². The second-order valence-electron chi connectivity index (χ2n) is 6.95. The molecule has 4 aromatic rings. The van der Waals surface area contributed by atoms with Gasteiger partial charge in [-0.05, 0) is 35.9 Å². The number of amides is 2. The van der Waals surface area contributed by atoms with Gasteiger partial charge in [-0.2, -0.15) is 0 Å². The molecule has 2 amide bonds. The van der Waals surface area contributed by atoms with Gasteiger partial charge in [0, 0.05) is 18.3 Å². The number of thioether (sulfide) groups is 1. The Bertz CT molecular complexity index is 1210. The zero-order valence-corrected chi connectivity index (χ0v) is 18.1. The number of rotatable bonds is 8. The average molecular weight is 448 g/mol. The van der Waals surface area contributed by atoms with E-state index in [1.807, 2.05) is 41.0 Å². The second-order valence-corrected chi connectivity index (χ2v) is 7.90. The third kappa shape index (κ3) is 5.44. The maximum Gasteiger partial charge on any atom is 0.234 e. The molecule has 0 bridgehead atoms. The number of furan rings is 1. The Labute approximate surface area is 189 Å². The van der Waals surface area contributed by atoms with Crippen molar-refractivity contribution in [2.45, 2.75) is 18.6 Å². The van der Waals surface area contributed by atoms with Crippen molar-refractivity contribution in [3.8, 4) is 11.6 Å². The summed E-state index contributed by atoms with van der Waals surface area (Å²) in [5, 5.41) is 14.7. The Morgan fingerprint density at radius 2 is 1.75 bits per heavy atom. The highest BCUT2D eigenvalue weighted by molar-refractivity contribution is 7.99. The van der Waals surface area contributed by atoms with Crippen molar-refractivity contribution in [3.63, 3.8) is 0 Å². The molecular formula is C23H21N5O3S. The van der Waals surface area contributed by atoms with Crippen LogP contribution in [0.2, 0.25) is 0 Å². The monoisotopic (exact) mass is 447 g/mol. The smallest absolute Gasteiger partial charge is 0.234 e. The molecule has 0 fully saturated rings. The normalized spacial score (nSPS) is 10.7. The van der Waals surface area contributed by atoms with Gasteiger partial charge in [0.1, 0.15) is 0 Å². The molecule has 0 spiro atoms. The number of nitrogens with one attached hydrogen (secondary N) is 2. The highest BCUT2D eigenvalue weighted by atomic mass is 32.2. The SMILES string of the molecule is CC(=O)Nc1cccc(NC(=O)CSc2nnc(-c3ccco3)n2Cc2ccccc2)c1. The van der Waals surface area contributed by atoms with Gasteiger partial charge in [-0.1, -0.05) is 48.2 Å². The molecule has 2 N–H and O–H groups in total. The number of aromatic nitrogens is 3. The van der Waals surface area contributed by atoms with E-state index >= 15 is 0 Å². The summed E-state index contributed by atoms with van der Waals surface area (Å²) >= 11 is 1.29. The molecule has 0 saturated carbocycles. The van der Waals surface area contributed by atoms with E-state index in [2.05, 4.69) is 20.8 Å². The molecular weight excluding hydrogens is 426 g/mol. The average Bonchev–Trinajstić information content (AvgIpc) is 3.43. The van der Waals surface area contributed by atoms with Crippen molar-refractivity contribution >= 4 is 35.0 Å². The first-order valence-corrected chi connectivity index (χ1v) is 10.9. The lowest BCUT2D eigenvalue weighted by molar-refractivity contribution is -0.114. The highest BCUT2D eigenvalue weighted by Crippen LogP contribution is 2.26. The molecule has 2 aromatic carbocycles. The minimum atomic E-state index is -0.191. The van der Waals surface area contributed by atoms with Gasteiger partial charge < -0.3 is 15.1 Å². The molecule has 32 heavy (non-hydrogen) atoms. The first-order chi connectivity index (χ1) is 15.6. The number of carbonyl (C=O) groups is 2. The van der Waals surface area contributed by atoms with Crippen molar-refractivity contribution in [1.29, 1.82) is 0 Å². The summed E-state index contributed by atoms with van der Waals surface area (Å²) in [5.74, 6) is 0.998. The Balaban J connectivity index is 1.47. The maximum absolute atomic E-state index is 12.5. The van der Waals surface area contributed by atoms with Gasteiger partial charge >= 0.3 is 0 Å². The van der Waals surface area contributed by atoms with Crippen molar-refractivity contribution in [3.05, 3.63) is 78.6 Å². The zero-order valence-electron chi connectivity index (χ0n) is 17.3. The molecule has 8 nitrogen and oxygen atoms in total. The number of hydrogen-bond donors (Lipinski definition) is 2. The Kier molecular flexibility index (Phi) is 6.66.